The van der Waals surface area contributed by atoms with Crippen LogP contribution in [0.15, 0.2) is 35.2 Å². The highest BCUT2D eigenvalue weighted by molar-refractivity contribution is 8.00. The van der Waals surface area contributed by atoms with Gasteiger partial charge in [-0.25, -0.2) is 4.79 Å². The SMILES string of the molecule is CCN(CC)CCNC(=O)N1CCCC(Sc2ccccc2)C1. The predicted octanol–water partition coefficient (Wildman–Crippen LogP) is 3.29. The molecule has 1 aromatic rings. The molecule has 23 heavy (non-hydrogen) atoms. The number of thioether (sulfide) groups is 1. The van der Waals surface area contributed by atoms with Gasteiger partial charge in [-0.3, -0.25) is 0 Å². The topological polar surface area (TPSA) is 35.6 Å². The number of nitrogens with zero attached hydrogens (tertiary/aromatic N) is 2. The lowest BCUT2D eigenvalue weighted by Gasteiger charge is -2.32. The minimum atomic E-state index is 0.0931. The molecule has 128 valence electrons. The Balaban J connectivity index is 1.75. The molecule has 1 atom stereocenters. The number of piperidine rings is 1. The smallest absolute Gasteiger partial charge is 0.317 e. The molecule has 1 heterocycles. The third kappa shape index (κ3) is 6.07. The molecule has 1 aromatic carbocycles. The van der Waals surface area contributed by atoms with Gasteiger partial charge in [-0.15, -0.1) is 11.8 Å². The second-order valence-corrected chi connectivity index (χ2v) is 7.27. The molecule has 5 heteroatoms. The third-order valence-electron chi connectivity index (χ3n) is 4.31. The van der Waals surface area contributed by atoms with Crippen LogP contribution in [0.3, 0.4) is 0 Å². The van der Waals surface area contributed by atoms with Gasteiger partial charge in [0.15, 0.2) is 0 Å². The highest BCUT2D eigenvalue weighted by Gasteiger charge is 2.24. The van der Waals surface area contributed by atoms with Gasteiger partial charge in [-0.05, 0) is 38.1 Å². The monoisotopic (exact) mass is 335 g/mol. The van der Waals surface area contributed by atoms with Crippen LogP contribution in [0, 0.1) is 0 Å². The van der Waals surface area contributed by atoms with E-state index in [4.69, 9.17) is 0 Å². The first kappa shape index (κ1) is 18.1. The summed E-state index contributed by atoms with van der Waals surface area (Å²) in [5.74, 6) is 0. The van der Waals surface area contributed by atoms with Gasteiger partial charge in [0, 0.05) is 36.3 Å². The quantitative estimate of drug-likeness (QED) is 0.830. The molecule has 0 aromatic heterocycles. The lowest BCUT2D eigenvalue weighted by molar-refractivity contribution is 0.186. The summed E-state index contributed by atoms with van der Waals surface area (Å²) in [5.41, 5.74) is 0. The highest BCUT2D eigenvalue weighted by Crippen LogP contribution is 2.29. The lowest BCUT2D eigenvalue weighted by Crippen LogP contribution is -2.47. The summed E-state index contributed by atoms with van der Waals surface area (Å²) in [6, 6.07) is 10.6. The minimum Gasteiger partial charge on any atom is -0.337 e. The fourth-order valence-corrected chi connectivity index (χ4v) is 4.12. The zero-order chi connectivity index (χ0) is 16.5. The van der Waals surface area contributed by atoms with Gasteiger partial charge in [0.25, 0.3) is 0 Å². The van der Waals surface area contributed by atoms with Gasteiger partial charge in [0.1, 0.15) is 0 Å². The summed E-state index contributed by atoms with van der Waals surface area (Å²) in [6.45, 7) is 9.75. The standard InChI is InChI=1S/C18H29N3OS/c1-3-20(4-2)14-12-19-18(22)21-13-8-11-17(15-21)23-16-9-6-5-7-10-16/h5-7,9-10,17H,3-4,8,11-15H2,1-2H3,(H,19,22). The maximum Gasteiger partial charge on any atom is 0.317 e. The molecular formula is C18H29N3OS. The molecular weight excluding hydrogens is 306 g/mol. The van der Waals surface area contributed by atoms with Crippen LogP contribution in [0.4, 0.5) is 4.79 Å². The fourth-order valence-electron chi connectivity index (χ4n) is 2.88. The number of rotatable bonds is 7. The molecule has 1 N–H and O–H groups in total. The maximum atomic E-state index is 12.3. The van der Waals surface area contributed by atoms with E-state index < -0.39 is 0 Å². The molecule has 1 saturated heterocycles. The second kappa shape index (κ2) is 9.83. The van der Waals surface area contributed by atoms with E-state index in [-0.39, 0.29) is 6.03 Å². The van der Waals surface area contributed by atoms with E-state index in [1.807, 2.05) is 22.7 Å². The summed E-state index contributed by atoms with van der Waals surface area (Å²) in [6.07, 6.45) is 2.27. The molecule has 2 amide bonds. The van der Waals surface area contributed by atoms with Crippen LogP contribution in [0.1, 0.15) is 26.7 Å². The van der Waals surface area contributed by atoms with Crippen LogP contribution in [0.5, 0.6) is 0 Å². The Hall–Kier alpha value is -1.20. The molecule has 0 saturated carbocycles. The van der Waals surface area contributed by atoms with Crippen molar-refractivity contribution in [3.8, 4) is 0 Å². The van der Waals surface area contributed by atoms with Crippen LogP contribution < -0.4 is 5.32 Å². The maximum absolute atomic E-state index is 12.3. The number of hydrogen-bond donors (Lipinski definition) is 1. The number of amides is 2. The van der Waals surface area contributed by atoms with Gasteiger partial charge < -0.3 is 15.1 Å². The second-order valence-electron chi connectivity index (χ2n) is 5.90. The molecule has 0 aliphatic carbocycles. The Morgan fingerprint density at radius 2 is 2.04 bits per heavy atom. The lowest BCUT2D eigenvalue weighted by atomic mass is 10.1. The largest absolute Gasteiger partial charge is 0.337 e. The molecule has 0 bridgehead atoms. The molecule has 1 unspecified atom stereocenters. The summed E-state index contributed by atoms with van der Waals surface area (Å²) >= 11 is 1.89. The molecule has 1 aliphatic heterocycles. The summed E-state index contributed by atoms with van der Waals surface area (Å²) < 4.78 is 0. The van der Waals surface area contributed by atoms with Gasteiger partial charge >= 0.3 is 6.03 Å². The van der Waals surface area contributed by atoms with Crippen LogP contribution >= 0.6 is 11.8 Å². The number of likely N-dealkylation sites (tertiary alicyclic amines) is 1. The first-order valence-electron chi connectivity index (χ1n) is 8.69. The van der Waals surface area contributed by atoms with Gasteiger partial charge in [-0.2, -0.15) is 0 Å². The number of carbonyl (C=O) groups excluding carboxylic acids is 1. The Morgan fingerprint density at radius 3 is 2.74 bits per heavy atom. The first-order chi connectivity index (χ1) is 11.2. The molecule has 4 nitrogen and oxygen atoms in total. The summed E-state index contributed by atoms with van der Waals surface area (Å²) in [4.78, 5) is 17.9. The third-order valence-corrected chi connectivity index (χ3v) is 5.57. The Labute approximate surface area is 144 Å². The van der Waals surface area contributed by atoms with E-state index in [0.717, 1.165) is 45.7 Å². The van der Waals surface area contributed by atoms with E-state index in [1.165, 1.54) is 11.3 Å². The van der Waals surface area contributed by atoms with E-state index in [1.54, 1.807) is 0 Å². The van der Waals surface area contributed by atoms with Crippen molar-refractivity contribution in [2.45, 2.75) is 36.8 Å². The van der Waals surface area contributed by atoms with Crippen molar-refractivity contribution >= 4 is 17.8 Å². The highest BCUT2D eigenvalue weighted by atomic mass is 32.2. The Morgan fingerprint density at radius 1 is 1.30 bits per heavy atom. The van der Waals surface area contributed by atoms with Crippen molar-refractivity contribution in [3.63, 3.8) is 0 Å². The average Bonchev–Trinajstić information content (AvgIpc) is 2.60. The van der Waals surface area contributed by atoms with Gasteiger partial charge in [0.05, 0.1) is 0 Å². The first-order valence-corrected chi connectivity index (χ1v) is 9.57. The average molecular weight is 336 g/mol. The van der Waals surface area contributed by atoms with E-state index in [0.29, 0.717) is 5.25 Å². The molecule has 1 fully saturated rings. The van der Waals surface area contributed by atoms with Crippen molar-refractivity contribution in [1.29, 1.82) is 0 Å². The fraction of sp³-hybridized carbons (Fsp3) is 0.611. The number of carbonyl (C=O) groups is 1. The zero-order valence-corrected chi connectivity index (χ0v) is 15.1. The van der Waals surface area contributed by atoms with Gasteiger partial charge in [-0.1, -0.05) is 32.0 Å². The van der Waals surface area contributed by atoms with Crippen LogP contribution in [0.2, 0.25) is 0 Å². The summed E-state index contributed by atoms with van der Waals surface area (Å²) in [7, 11) is 0. The van der Waals surface area contributed by atoms with Gasteiger partial charge in [0.2, 0.25) is 0 Å². The molecule has 2 rings (SSSR count). The summed E-state index contributed by atoms with van der Waals surface area (Å²) in [5, 5.41) is 3.57. The number of urea groups is 1. The van der Waals surface area contributed by atoms with Crippen molar-refractivity contribution in [3.05, 3.63) is 30.3 Å². The minimum absolute atomic E-state index is 0.0931. The van der Waals surface area contributed by atoms with Crippen molar-refractivity contribution in [2.75, 3.05) is 39.3 Å². The van der Waals surface area contributed by atoms with Crippen LogP contribution in [-0.4, -0.2) is 60.3 Å². The van der Waals surface area contributed by atoms with E-state index >= 15 is 0 Å². The number of benzene rings is 1. The number of hydrogen-bond acceptors (Lipinski definition) is 3. The van der Waals surface area contributed by atoms with Crippen LogP contribution in [-0.2, 0) is 0 Å². The van der Waals surface area contributed by atoms with Crippen molar-refractivity contribution in [1.82, 2.24) is 15.1 Å². The number of nitrogens with one attached hydrogen (secondary N) is 1. The van der Waals surface area contributed by atoms with Crippen molar-refractivity contribution < 1.29 is 4.79 Å². The Bertz CT molecular complexity index is 465. The zero-order valence-electron chi connectivity index (χ0n) is 14.3. The predicted molar refractivity (Wildman–Crippen MR) is 98.1 cm³/mol. The number of likely N-dealkylation sites (N-methyl/N-ethyl adjacent to an activating group) is 1. The normalized spacial score (nSPS) is 18.2. The molecule has 1 aliphatic rings. The van der Waals surface area contributed by atoms with Crippen LogP contribution in [0.25, 0.3) is 0 Å². The van der Waals surface area contributed by atoms with E-state index in [2.05, 4.69) is 48.3 Å². The molecule has 0 radical (unpaired) electrons. The van der Waals surface area contributed by atoms with E-state index in [9.17, 15) is 4.79 Å². The molecule has 0 spiro atoms. The Kier molecular flexibility index (Phi) is 7.76. The van der Waals surface area contributed by atoms with Crippen molar-refractivity contribution in [2.24, 2.45) is 0 Å².